The molecule has 1 aliphatic heterocycles. The number of hydrogen-bond donors (Lipinski definition) is 1. The number of nitrogens with two attached hydrogens (primary N) is 1. The lowest BCUT2D eigenvalue weighted by molar-refractivity contribution is -0.133. The molecule has 1 unspecified atom stereocenters. The molecule has 1 aromatic rings. The van der Waals surface area contributed by atoms with E-state index in [0.29, 0.717) is 5.92 Å². The molecular weight excluding hydrogens is 248 g/mol. The minimum Gasteiger partial charge on any atom is -0.341 e. The molecule has 2 rings (SSSR count). The predicted octanol–water partition coefficient (Wildman–Crippen LogP) is 2.77. The van der Waals surface area contributed by atoms with Gasteiger partial charge in [0.25, 0.3) is 0 Å². The summed E-state index contributed by atoms with van der Waals surface area (Å²) in [6.07, 6.45) is 3.27. The van der Waals surface area contributed by atoms with Crippen LogP contribution in [0.25, 0.3) is 0 Å². The Balaban J connectivity index is 1.97. The molecule has 0 spiro atoms. The lowest BCUT2D eigenvalue weighted by Crippen LogP contribution is -2.46. The van der Waals surface area contributed by atoms with Gasteiger partial charge in [-0.2, -0.15) is 0 Å². The van der Waals surface area contributed by atoms with Crippen LogP contribution in [0.4, 0.5) is 0 Å². The third-order valence-corrected chi connectivity index (χ3v) is 4.31. The largest absolute Gasteiger partial charge is 0.341 e. The molecule has 3 heteroatoms. The maximum atomic E-state index is 12.3. The molecule has 0 aromatic heterocycles. The molecule has 0 aliphatic carbocycles. The van der Waals surface area contributed by atoms with Crippen LogP contribution >= 0.6 is 0 Å². The van der Waals surface area contributed by atoms with Crippen molar-refractivity contribution in [1.82, 2.24) is 4.90 Å². The molecule has 0 bridgehead atoms. The Kier molecular flexibility index (Phi) is 5.18. The molecule has 0 saturated carbocycles. The molecule has 1 fully saturated rings. The Morgan fingerprint density at radius 2 is 1.90 bits per heavy atom. The average Bonchev–Trinajstić information content (AvgIpc) is 2.72. The van der Waals surface area contributed by atoms with E-state index in [4.69, 9.17) is 5.73 Å². The second kappa shape index (κ2) is 6.89. The highest BCUT2D eigenvalue weighted by molar-refractivity contribution is 5.81. The van der Waals surface area contributed by atoms with Crippen molar-refractivity contribution < 1.29 is 4.79 Å². The van der Waals surface area contributed by atoms with Gasteiger partial charge in [0.15, 0.2) is 0 Å². The third kappa shape index (κ3) is 3.60. The molecule has 2 atom stereocenters. The monoisotopic (exact) mass is 274 g/mol. The zero-order valence-corrected chi connectivity index (χ0v) is 12.6. The second-order valence-corrected chi connectivity index (χ2v) is 6.13. The van der Waals surface area contributed by atoms with Crippen LogP contribution in [0.15, 0.2) is 30.3 Å². The van der Waals surface area contributed by atoms with Gasteiger partial charge in [-0.05, 0) is 36.7 Å². The van der Waals surface area contributed by atoms with Crippen molar-refractivity contribution in [2.75, 3.05) is 13.1 Å². The fourth-order valence-electron chi connectivity index (χ4n) is 2.87. The molecule has 1 saturated heterocycles. The summed E-state index contributed by atoms with van der Waals surface area (Å²) in [5.74, 6) is 0.897. The number of likely N-dealkylation sites (tertiary alicyclic amines) is 1. The van der Waals surface area contributed by atoms with Crippen LogP contribution in [-0.2, 0) is 4.79 Å². The van der Waals surface area contributed by atoms with Crippen molar-refractivity contribution in [2.45, 2.75) is 45.1 Å². The van der Waals surface area contributed by atoms with E-state index in [1.54, 1.807) is 0 Å². The smallest absolute Gasteiger partial charge is 0.239 e. The quantitative estimate of drug-likeness (QED) is 0.921. The normalized spacial score (nSPS) is 21.6. The Morgan fingerprint density at radius 1 is 1.20 bits per heavy atom. The van der Waals surface area contributed by atoms with Crippen LogP contribution in [0.2, 0.25) is 0 Å². The highest BCUT2D eigenvalue weighted by Gasteiger charge is 2.26. The first-order valence-electron chi connectivity index (χ1n) is 7.69. The first-order valence-corrected chi connectivity index (χ1v) is 7.69. The van der Waals surface area contributed by atoms with E-state index in [1.807, 2.05) is 18.7 Å². The summed E-state index contributed by atoms with van der Waals surface area (Å²) in [5, 5.41) is 0. The van der Waals surface area contributed by atoms with Crippen molar-refractivity contribution in [1.29, 1.82) is 0 Å². The maximum Gasteiger partial charge on any atom is 0.239 e. The molecule has 2 N–H and O–H groups in total. The van der Waals surface area contributed by atoms with Crippen molar-refractivity contribution in [3.63, 3.8) is 0 Å². The number of amides is 1. The van der Waals surface area contributed by atoms with Gasteiger partial charge >= 0.3 is 0 Å². The Hall–Kier alpha value is -1.35. The average molecular weight is 274 g/mol. The van der Waals surface area contributed by atoms with Crippen LogP contribution < -0.4 is 5.73 Å². The van der Waals surface area contributed by atoms with E-state index in [-0.39, 0.29) is 17.9 Å². The minimum atomic E-state index is -0.358. The summed E-state index contributed by atoms with van der Waals surface area (Å²) < 4.78 is 0. The number of benzene rings is 1. The Labute approximate surface area is 122 Å². The Morgan fingerprint density at radius 3 is 2.55 bits per heavy atom. The van der Waals surface area contributed by atoms with Crippen molar-refractivity contribution in [2.24, 2.45) is 11.7 Å². The molecule has 20 heavy (non-hydrogen) atoms. The molecule has 0 radical (unpaired) electrons. The summed E-state index contributed by atoms with van der Waals surface area (Å²) in [5.41, 5.74) is 7.39. The van der Waals surface area contributed by atoms with Crippen molar-refractivity contribution >= 4 is 5.91 Å². The zero-order valence-electron chi connectivity index (χ0n) is 12.6. The Bertz CT molecular complexity index is 430. The maximum absolute atomic E-state index is 12.3. The van der Waals surface area contributed by atoms with Crippen LogP contribution in [0.5, 0.6) is 0 Å². The van der Waals surface area contributed by atoms with Gasteiger partial charge in [-0.3, -0.25) is 4.79 Å². The van der Waals surface area contributed by atoms with E-state index < -0.39 is 0 Å². The van der Waals surface area contributed by atoms with Gasteiger partial charge in [0.05, 0.1) is 6.04 Å². The van der Waals surface area contributed by atoms with E-state index in [1.165, 1.54) is 5.56 Å². The van der Waals surface area contributed by atoms with Gasteiger partial charge in [-0.25, -0.2) is 0 Å². The molecule has 3 nitrogen and oxygen atoms in total. The van der Waals surface area contributed by atoms with Crippen molar-refractivity contribution in [3.8, 4) is 0 Å². The first kappa shape index (κ1) is 15.0. The van der Waals surface area contributed by atoms with Gasteiger partial charge < -0.3 is 10.6 Å². The predicted molar refractivity (Wildman–Crippen MR) is 82.4 cm³/mol. The van der Waals surface area contributed by atoms with Crippen LogP contribution in [0, 0.1) is 5.92 Å². The van der Waals surface area contributed by atoms with E-state index >= 15 is 0 Å². The second-order valence-electron chi connectivity index (χ2n) is 6.13. The number of carbonyl (C=O) groups is 1. The summed E-state index contributed by atoms with van der Waals surface area (Å²) in [7, 11) is 0. The van der Waals surface area contributed by atoms with Gasteiger partial charge in [0.2, 0.25) is 5.91 Å². The number of hydrogen-bond acceptors (Lipinski definition) is 2. The zero-order chi connectivity index (χ0) is 14.5. The number of rotatable bonds is 3. The summed E-state index contributed by atoms with van der Waals surface area (Å²) in [6, 6.07) is 10.3. The minimum absolute atomic E-state index is 0.119. The van der Waals surface area contributed by atoms with Gasteiger partial charge in [0.1, 0.15) is 0 Å². The number of nitrogens with zero attached hydrogens (tertiary/aromatic N) is 1. The molecular formula is C17H26N2O. The van der Waals surface area contributed by atoms with Gasteiger partial charge in [-0.15, -0.1) is 0 Å². The van der Waals surface area contributed by atoms with Gasteiger partial charge in [-0.1, -0.05) is 44.2 Å². The SMILES string of the molecule is CC(C)[C@H](N)C(=O)N1CCCC(c2ccccc2)CC1. The molecule has 1 aliphatic rings. The lowest BCUT2D eigenvalue weighted by Gasteiger charge is -2.26. The van der Waals surface area contributed by atoms with E-state index in [9.17, 15) is 4.79 Å². The molecule has 1 heterocycles. The van der Waals surface area contributed by atoms with E-state index in [2.05, 4.69) is 30.3 Å². The molecule has 110 valence electrons. The summed E-state index contributed by atoms with van der Waals surface area (Å²) in [4.78, 5) is 14.3. The number of carbonyl (C=O) groups excluding carboxylic acids is 1. The van der Waals surface area contributed by atoms with Crippen LogP contribution in [-0.4, -0.2) is 29.9 Å². The van der Waals surface area contributed by atoms with Crippen molar-refractivity contribution in [3.05, 3.63) is 35.9 Å². The molecule has 1 amide bonds. The van der Waals surface area contributed by atoms with Gasteiger partial charge in [0, 0.05) is 13.1 Å². The third-order valence-electron chi connectivity index (χ3n) is 4.31. The van der Waals surface area contributed by atoms with E-state index in [0.717, 1.165) is 32.4 Å². The van der Waals surface area contributed by atoms with Crippen LogP contribution in [0.3, 0.4) is 0 Å². The highest BCUT2D eigenvalue weighted by Crippen LogP contribution is 2.28. The summed E-state index contributed by atoms with van der Waals surface area (Å²) >= 11 is 0. The highest BCUT2D eigenvalue weighted by atomic mass is 16.2. The standard InChI is InChI=1S/C17H26N2O/c1-13(2)16(18)17(20)19-11-6-9-15(10-12-19)14-7-4-3-5-8-14/h3-5,7-8,13,15-16H,6,9-12,18H2,1-2H3/t15?,16-/m0/s1. The molecule has 1 aromatic carbocycles. The van der Waals surface area contributed by atoms with Crippen LogP contribution in [0.1, 0.15) is 44.6 Å². The summed E-state index contributed by atoms with van der Waals surface area (Å²) in [6.45, 7) is 5.70. The first-order chi connectivity index (χ1) is 9.59. The lowest BCUT2D eigenvalue weighted by atomic mass is 9.92. The topological polar surface area (TPSA) is 46.3 Å². The fourth-order valence-corrected chi connectivity index (χ4v) is 2.87. The fraction of sp³-hybridized carbons (Fsp3) is 0.588.